The van der Waals surface area contributed by atoms with Crippen molar-refractivity contribution in [3.63, 3.8) is 0 Å². The van der Waals surface area contributed by atoms with Crippen LogP contribution in [0, 0.1) is 5.82 Å². The first-order valence-electron chi connectivity index (χ1n) is 6.11. The summed E-state index contributed by atoms with van der Waals surface area (Å²) in [6.07, 6.45) is 1.60. The van der Waals surface area contributed by atoms with Crippen LogP contribution in [0.3, 0.4) is 0 Å². The van der Waals surface area contributed by atoms with E-state index in [1.807, 2.05) is 0 Å². The van der Waals surface area contributed by atoms with Crippen LogP contribution in [0.2, 0.25) is 5.02 Å². The van der Waals surface area contributed by atoms with E-state index in [1.165, 1.54) is 6.07 Å². The lowest BCUT2D eigenvalue weighted by atomic mass is 10.1. The molecule has 0 saturated heterocycles. The molecule has 1 aromatic heterocycles. The molecule has 0 radical (unpaired) electrons. The highest BCUT2D eigenvalue weighted by Gasteiger charge is 2.13. The smallest absolute Gasteiger partial charge is 0.150 e. The van der Waals surface area contributed by atoms with Gasteiger partial charge in [0, 0.05) is 26.8 Å². The maximum atomic E-state index is 14.3. The number of hydrogen-bond donors (Lipinski definition) is 2. The molecule has 0 spiro atoms. The molecule has 3 rings (SSSR count). The van der Waals surface area contributed by atoms with E-state index >= 15 is 0 Å². The molecule has 0 fully saturated rings. The Morgan fingerprint density at radius 3 is 2.86 bits per heavy atom. The van der Waals surface area contributed by atoms with Gasteiger partial charge in [-0.15, -0.1) is 0 Å². The monoisotopic (exact) mass is 365 g/mol. The first-order chi connectivity index (χ1) is 10.1. The Balaban J connectivity index is 2.19. The topological polar surface area (TPSA) is 50.9 Å². The number of nitrogens with one attached hydrogen (secondary N) is 1. The van der Waals surface area contributed by atoms with E-state index in [1.54, 1.807) is 36.5 Å². The number of nitrogen functional groups attached to an aromatic ring is 1. The van der Waals surface area contributed by atoms with Crippen molar-refractivity contribution in [2.75, 3.05) is 11.1 Å². The molecule has 3 aromatic rings. The minimum Gasteiger partial charge on any atom is -0.398 e. The van der Waals surface area contributed by atoms with Crippen LogP contribution < -0.4 is 11.1 Å². The van der Waals surface area contributed by atoms with Crippen LogP contribution in [0.5, 0.6) is 0 Å². The Hall–Kier alpha value is -1.85. The van der Waals surface area contributed by atoms with Crippen molar-refractivity contribution in [2.24, 2.45) is 0 Å². The van der Waals surface area contributed by atoms with Crippen LogP contribution in [-0.2, 0) is 0 Å². The molecule has 0 unspecified atom stereocenters. The van der Waals surface area contributed by atoms with Crippen molar-refractivity contribution in [2.45, 2.75) is 0 Å². The predicted octanol–water partition coefficient (Wildman–Crippen LogP) is 5.12. The standard InChI is InChI=1S/C15H10BrClFN3/c16-10-4-3-8(17)6-13(10)21-15-11(18)7-12(19)9-2-1-5-20-14(9)15/h1-7,21H,19H2. The van der Waals surface area contributed by atoms with E-state index in [-0.39, 0.29) is 5.69 Å². The molecule has 21 heavy (non-hydrogen) atoms. The van der Waals surface area contributed by atoms with E-state index in [2.05, 4.69) is 26.2 Å². The average molecular weight is 367 g/mol. The van der Waals surface area contributed by atoms with Gasteiger partial charge in [-0.3, -0.25) is 4.98 Å². The van der Waals surface area contributed by atoms with Crippen LogP contribution in [0.25, 0.3) is 10.9 Å². The second-order valence-corrected chi connectivity index (χ2v) is 5.76. The zero-order valence-corrected chi connectivity index (χ0v) is 13.0. The molecule has 0 aliphatic heterocycles. The van der Waals surface area contributed by atoms with Crippen molar-refractivity contribution in [3.8, 4) is 0 Å². The van der Waals surface area contributed by atoms with Gasteiger partial charge in [0.25, 0.3) is 0 Å². The first kappa shape index (κ1) is 14.1. The fourth-order valence-electron chi connectivity index (χ4n) is 2.08. The highest BCUT2D eigenvalue weighted by molar-refractivity contribution is 9.10. The maximum Gasteiger partial charge on any atom is 0.150 e. The fourth-order valence-corrected chi connectivity index (χ4v) is 2.60. The number of nitrogens with two attached hydrogens (primary N) is 1. The molecule has 0 atom stereocenters. The van der Waals surface area contributed by atoms with Gasteiger partial charge >= 0.3 is 0 Å². The molecule has 0 aliphatic carbocycles. The van der Waals surface area contributed by atoms with Gasteiger partial charge in [0.2, 0.25) is 0 Å². The Morgan fingerprint density at radius 1 is 1.24 bits per heavy atom. The number of aromatic nitrogens is 1. The molecule has 1 heterocycles. The SMILES string of the molecule is Nc1cc(F)c(Nc2cc(Cl)ccc2Br)c2ncccc12. The Labute approximate surface area is 134 Å². The predicted molar refractivity (Wildman–Crippen MR) is 88.5 cm³/mol. The number of halogens is 3. The molecular formula is C15H10BrClFN3. The van der Waals surface area contributed by atoms with Gasteiger partial charge in [-0.2, -0.15) is 0 Å². The minimum atomic E-state index is -0.467. The zero-order chi connectivity index (χ0) is 15.0. The summed E-state index contributed by atoms with van der Waals surface area (Å²) in [5, 5.41) is 4.27. The Kier molecular flexibility index (Phi) is 3.69. The Bertz CT molecular complexity index is 839. The van der Waals surface area contributed by atoms with E-state index in [0.29, 0.717) is 27.3 Å². The minimum absolute atomic E-state index is 0.266. The van der Waals surface area contributed by atoms with Gasteiger partial charge in [0.05, 0.1) is 11.2 Å². The summed E-state index contributed by atoms with van der Waals surface area (Å²) in [6.45, 7) is 0. The molecule has 3 N–H and O–H groups in total. The summed E-state index contributed by atoms with van der Waals surface area (Å²) in [4.78, 5) is 4.22. The molecule has 3 nitrogen and oxygen atoms in total. The Morgan fingerprint density at radius 2 is 2.05 bits per heavy atom. The molecule has 0 saturated carbocycles. The van der Waals surface area contributed by atoms with Gasteiger partial charge in [-0.05, 0) is 52.3 Å². The average Bonchev–Trinajstić information content (AvgIpc) is 2.47. The molecule has 0 bridgehead atoms. The third-order valence-corrected chi connectivity index (χ3v) is 3.99. The third-order valence-electron chi connectivity index (χ3n) is 3.06. The first-order valence-corrected chi connectivity index (χ1v) is 7.28. The van der Waals surface area contributed by atoms with E-state index < -0.39 is 5.82 Å². The number of pyridine rings is 1. The van der Waals surface area contributed by atoms with Crippen LogP contribution in [0.15, 0.2) is 47.1 Å². The number of hydrogen-bond acceptors (Lipinski definition) is 3. The quantitative estimate of drug-likeness (QED) is 0.619. The van der Waals surface area contributed by atoms with Gasteiger partial charge in [-0.1, -0.05) is 11.6 Å². The summed E-state index contributed by atoms with van der Waals surface area (Å²) >= 11 is 9.38. The summed E-state index contributed by atoms with van der Waals surface area (Å²) < 4.78 is 15.0. The highest BCUT2D eigenvalue weighted by atomic mass is 79.9. The lowest BCUT2D eigenvalue weighted by molar-refractivity contribution is 0.634. The number of anilines is 3. The summed E-state index contributed by atoms with van der Waals surface area (Å²) in [5.41, 5.74) is 7.58. The van der Waals surface area contributed by atoms with Crippen molar-refractivity contribution in [1.82, 2.24) is 4.98 Å². The number of benzene rings is 2. The van der Waals surface area contributed by atoms with Crippen LogP contribution in [-0.4, -0.2) is 4.98 Å². The van der Waals surface area contributed by atoms with Gasteiger partial charge in [-0.25, -0.2) is 4.39 Å². The van der Waals surface area contributed by atoms with E-state index in [0.717, 1.165) is 4.47 Å². The second-order valence-electron chi connectivity index (χ2n) is 4.47. The van der Waals surface area contributed by atoms with Gasteiger partial charge in [0.1, 0.15) is 5.69 Å². The van der Waals surface area contributed by atoms with Crippen LogP contribution in [0.4, 0.5) is 21.5 Å². The summed E-state index contributed by atoms with van der Waals surface area (Å²) in [6, 6.07) is 10.1. The largest absolute Gasteiger partial charge is 0.398 e. The molecular weight excluding hydrogens is 357 g/mol. The van der Waals surface area contributed by atoms with E-state index in [4.69, 9.17) is 17.3 Å². The fraction of sp³-hybridized carbons (Fsp3) is 0. The highest BCUT2D eigenvalue weighted by Crippen LogP contribution is 2.35. The van der Waals surface area contributed by atoms with Crippen molar-refractivity contribution >= 4 is 55.5 Å². The second kappa shape index (κ2) is 5.50. The molecule has 6 heteroatoms. The normalized spacial score (nSPS) is 10.8. The lowest BCUT2D eigenvalue weighted by Gasteiger charge is -2.13. The lowest BCUT2D eigenvalue weighted by Crippen LogP contribution is -2.00. The van der Waals surface area contributed by atoms with E-state index in [9.17, 15) is 4.39 Å². The van der Waals surface area contributed by atoms with Crippen molar-refractivity contribution in [3.05, 3.63) is 57.9 Å². The van der Waals surface area contributed by atoms with Crippen molar-refractivity contribution < 1.29 is 4.39 Å². The number of nitrogens with zero attached hydrogens (tertiary/aromatic N) is 1. The van der Waals surface area contributed by atoms with Gasteiger partial charge < -0.3 is 11.1 Å². The maximum absolute atomic E-state index is 14.3. The van der Waals surface area contributed by atoms with Crippen molar-refractivity contribution in [1.29, 1.82) is 0 Å². The third kappa shape index (κ3) is 2.66. The molecule has 0 amide bonds. The molecule has 2 aromatic carbocycles. The number of fused-ring (bicyclic) bond motifs is 1. The molecule has 106 valence electrons. The van der Waals surface area contributed by atoms with Crippen LogP contribution in [0.1, 0.15) is 0 Å². The summed E-state index contributed by atoms with van der Waals surface area (Å²) in [5.74, 6) is -0.467. The molecule has 0 aliphatic rings. The van der Waals surface area contributed by atoms with Crippen LogP contribution >= 0.6 is 27.5 Å². The number of rotatable bonds is 2. The summed E-state index contributed by atoms with van der Waals surface area (Å²) in [7, 11) is 0. The van der Waals surface area contributed by atoms with Gasteiger partial charge in [0.15, 0.2) is 5.82 Å². The zero-order valence-electron chi connectivity index (χ0n) is 10.7.